The number of hydrogen-bond acceptors (Lipinski definition) is 5. The third-order valence-electron chi connectivity index (χ3n) is 5.72. The van der Waals surface area contributed by atoms with Crippen molar-refractivity contribution in [2.24, 2.45) is 0 Å². The summed E-state index contributed by atoms with van der Waals surface area (Å²) in [4.78, 5) is 27.0. The van der Waals surface area contributed by atoms with Crippen LogP contribution in [0.1, 0.15) is 51.3 Å². The molecule has 182 valence electrons. The molecule has 0 aromatic heterocycles. The Balaban J connectivity index is 1.91. The number of fused-ring (bicyclic) bond motifs is 1. The van der Waals surface area contributed by atoms with Crippen molar-refractivity contribution in [3.8, 4) is 5.75 Å². The second kappa shape index (κ2) is 10.8. The first-order valence-corrected chi connectivity index (χ1v) is 12.8. The molecule has 1 heterocycles. The van der Waals surface area contributed by atoms with Crippen LogP contribution in [-0.4, -0.2) is 49.1 Å². The van der Waals surface area contributed by atoms with E-state index in [1.807, 2.05) is 37.3 Å². The SMILES string of the molecule is CCOc1ccc(S(=O)(=O)N(CC)CC)cc1NC(=O)CC1c2ccccc2C=CN1C(C)=O. The van der Waals surface area contributed by atoms with Gasteiger partial charge in [-0.15, -0.1) is 0 Å². The smallest absolute Gasteiger partial charge is 0.243 e. The van der Waals surface area contributed by atoms with Gasteiger partial charge in [0, 0.05) is 26.2 Å². The number of anilines is 1. The highest BCUT2D eigenvalue weighted by molar-refractivity contribution is 7.89. The van der Waals surface area contributed by atoms with Crippen LogP contribution < -0.4 is 10.1 Å². The van der Waals surface area contributed by atoms with Crippen molar-refractivity contribution in [1.82, 2.24) is 9.21 Å². The standard InChI is InChI=1S/C25H31N3O5S/c1-5-27(6-2)34(31,32)20-12-13-24(33-7-3)22(16-20)26-25(30)17-23-21-11-9-8-10-19(21)14-15-28(23)18(4)29/h8-16,23H,5-7,17H2,1-4H3,(H,26,30). The molecule has 0 radical (unpaired) electrons. The predicted octanol–water partition coefficient (Wildman–Crippen LogP) is 4.02. The minimum Gasteiger partial charge on any atom is -0.492 e. The molecule has 1 aliphatic heterocycles. The lowest BCUT2D eigenvalue weighted by atomic mass is 9.93. The van der Waals surface area contributed by atoms with Gasteiger partial charge in [-0.3, -0.25) is 9.59 Å². The highest BCUT2D eigenvalue weighted by Crippen LogP contribution is 2.34. The van der Waals surface area contributed by atoms with E-state index in [1.165, 1.54) is 28.3 Å². The summed E-state index contributed by atoms with van der Waals surface area (Å²) in [6.07, 6.45) is 3.53. The van der Waals surface area contributed by atoms with E-state index < -0.39 is 16.1 Å². The van der Waals surface area contributed by atoms with Crippen LogP contribution in [0.15, 0.2) is 53.6 Å². The Morgan fingerprint density at radius 1 is 1.09 bits per heavy atom. The van der Waals surface area contributed by atoms with Crippen LogP contribution in [0.3, 0.4) is 0 Å². The molecule has 0 saturated carbocycles. The monoisotopic (exact) mass is 485 g/mol. The Bertz CT molecular complexity index is 1190. The third-order valence-corrected chi connectivity index (χ3v) is 7.76. The largest absolute Gasteiger partial charge is 0.492 e. The lowest BCUT2D eigenvalue weighted by Gasteiger charge is -2.32. The van der Waals surface area contributed by atoms with Crippen molar-refractivity contribution in [1.29, 1.82) is 0 Å². The Labute approximate surface area is 201 Å². The van der Waals surface area contributed by atoms with E-state index in [0.29, 0.717) is 25.4 Å². The fourth-order valence-corrected chi connectivity index (χ4v) is 5.54. The number of nitrogens with zero attached hydrogens (tertiary/aromatic N) is 2. The first-order chi connectivity index (χ1) is 16.2. The molecule has 0 fully saturated rings. The van der Waals surface area contributed by atoms with Crippen molar-refractivity contribution >= 4 is 33.6 Å². The zero-order valence-corrected chi connectivity index (χ0v) is 20.8. The second-order valence-electron chi connectivity index (χ2n) is 7.82. The quantitative estimate of drug-likeness (QED) is 0.579. The Hall–Kier alpha value is -3.17. The number of rotatable bonds is 9. The van der Waals surface area contributed by atoms with Gasteiger partial charge in [-0.2, -0.15) is 4.31 Å². The number of carbonyl (C=O) groups excluding carboxylic acids is 2. The summed E-state index contributed by atoms with van der Waals surface area (Å²) < 4.78 is 33.0. The van der Waals surface area contributed by atoms with Crippen LogP contribution in [0.25, 0.3) is 6.08 Å². The molecular weight excluding hydrogens is 454 g/mol. The van der Waals surface area contributed by atoms with Gasteiger partial charge < -0.3 is 15.0 Å². The molecule has 34 heavy (non-hydrogen) atoms. The van der Waals surface area contributed by atoms with Gasteiger partial charge in [0.25, 0.3) is 0 Å². The van der Waals surface area contributed by atoms with E-state index in [2.05, 4.69) is 5.32 Å². The van der Waals surface area contributed by atoms with E-state index in [1.54, 1.807) is 26.1 Å². The van der Waals surface area contributed by atoms with Crippen LogP contribution in [0.2, 0.25) is 0 Å². The van der Waals surface area contributed by atoms with Gasteiger partial charge in [0.2, 0.25) is 21.8 Å². The second-order valence-corrected chi connectivity index (χ2v) is 9.76. The van der Waals surface area contributed by atoms with Gasteiger partial charge in [0.15, 0.2) is 0 Å². The normalized spacial score (nSPS) is 15.2. The number of benzene rings is 2. The maximum atomic E-state index is 13.1. The molecule has 2 aromatic carbocycles. The minimum absolute atomic E-state index is 0.000475. The van der Waals surface area contributed by atoms with E-state index in [9.17, 15) is 18.0 Å². The Morgan fingerprint density at radius 2 is 1.79 bits per heavy atom. The summed E-state index contributed by atoms with van der Waals surface area (Å²) in [5.74, 6) is -0.160. The average Bonchev–Trinajstić information content (AvgIpc) is 2.80. The lowest BCUT2D eigenvalue weighted by Crippen LogP contribution is -2.33. The van der Waals surface area contributed by atoms with Crippen molar-refractivity contribution < 1.29 is 22.7 Å². The van der Waals surface area contributed by atoms with Crippen molar-refractivity contribution in [2.75, 3.05) is 25.0 Å². The summed E-state index contributed by atoms with van der Waals surface area (Å²) in [5.41, 5.74) is 2.09. The molecule has 1 unspecified atom stereocenters. The number of nitrogens with one attached hydrogen (secondary N) is 1. The van der Waals surface area contributed by atoms with Crippen LogP contribution in [0.5, 0.6) is 5.75 Å². The molecule has 1 N–H and O–H groups in total. The van der Waals surface area contributed by atoms with E-state index >= 15 is 0 Å². The zero-order valence-electron chi connectivity index (χ0n) is 19.9. The number of amides is 2. The van der Waals surface area contributed by atoms with Crippen molar-refractivity contribution in [2.45, 2.75) is 45.1 Å². The summed E-state index contributed by atoms with van der Waals surface area (Å²) in [7, 11) is -3.71. The van der Waals surface area contributed by atoms with E-state index in [0.717, 1.165) is 11.1 Å². The predicted molar refractivity (Wildman–Crippen MR) is 132 cm³/mol. The summed E-state index contributed by atoms with van der Waals surface area (Å²) in [6.45, 7) is 7.83. The van der Waals surface area contributed by atoms with Crippen LogP contribution >= 0.6 is 0 Å². The topological polar surface area (TPSA) is 96.0 Å². The van der Waals surface area contributed by atoms with Gasteiger partial charge in [-0.05, 0) is 42.3 Å². The molecule has 0 aliphatic carbocycles. The number of ether oxygens (including phenoxy) is 1. The molecule has 1 aliphatic rings. The summed E-state index contributed by atoms with van der Waals surface area (Å²) in [5, 5.41) is 2.81. The number of hydrogen-bond donors (Lipinski definition) is 1. The minimum atomic E-state index is -3.71. The average molecular weight is 486 g/mol. The Morgan fingerprint density at radius 3 is 2.44 bits per heavy atom. The van der Waals surface area contributed by atoms with E-state index in [-0.39, 0.29) is 28.8 Å². The molecule has 3 rings (SSSR count). The highest BCUT2D eigenvalue weighted by Gasteiger charge is 2.29. The molecule has 2 amide bonds. The number of sulfonamides is 1. The molecule has 0 bridgehead atoms. The maximum absolute atomic E-state index is 13.1. The fourth-order valence-electron chi connectivity index (χ4n) is 4.05. The molecule has 0 saturated heterocycles. The Kier molecular flexibility index (Phi) is 8.11. The summed E-state index contributed by atoms with van der Waals surface area (Å²) >= 11 is 0. The molecule has 2 aromatic rings. The summed E-state index contributed by atoms with van der Waals surface area (Å²) in [6, 6.07) is 11.6. The van der Waals surface area contributed by atoms with Crippen LogP contribution in [-0.2, 0) is 19.6 Å². The van der Waals surface area contributed by atoms with Crippen molar-refractivity contribution in [3.05, 3.63) is 59.8 Å². The molecule has 0 spiro atoms. The first kappa shape index (κ1) is 25.5. The van der Waals surface area contributed by atoms with Crippen LogP contribution in [0, 0.1) is 0 Å². The zero-order chi connectivity index (χ0) is 24.9. The third kappa shape index (κ3) is 5.31. The lowest BCUT2D eigenvalue weighted by molar-refractivity contribution is -0.129. The van der Waals surface area contributed by atoms with Gasteiger partial charge in [-0.25, -0.2) is 8.42 Å². The fraction of sp³-hybridized carbons (Fsp3) is 0.360. The first-order valence-electron chi connectivity index (χ1n) is 11.4. The highest BCUT2D eigenvalue weighted by atomic mass is 32.2. The maximum Gasteiger partial charge on any atom is 0.243 e. The molecule has 1 atom stereocenters. The van der Waals surface area contributed by atoms with Crippen molar-refractivity contribution in [3.63, 3.8) is 0 Å². The number of carbonyl (C=O) groups is 2. The molecular formula is C25H31N3O5S. The molecule has 9 heteroatoms. The van der Waals surface area contributed by atoms with Gasteiger partial charge in [-0.1, -0.05) is 38.1 Å². The van der Waals surface area contributed by atoms with Gasteiger partial charge in [0.05, 0.1) is 29.7 Å². The van der Waals surface area contributed by atoms with Gasteiger partial charge in [0.1, 0.15) is 5.75 Å². The van der Waals surface area contributed by atoms with E-state index in [4.69, 9.17) is 4.74 Å². The van der Waals surface area contributed by atoms with Gasteiger partial charge >= 0.3 is 0 Å². The molecule has 8 nitrogen and oxygen atoms in total. The van der Waals surface area contributed by atoms with Crippen LogP contribution in [0.4, 0.5) is 5.69 Å².